The molecule has 1 aliphatic rings. The molecule has 7 nitrogen and oxygen atoms in total. The van der Waals surface area contributed by atoms with Crippen LogP contribution in [0.25, 0.3) is 28.0 Å². The third-order valence-corrected chi connectivity index (χ3v) is 6.04. The zero-order chi connectivity index (χ0) is 24.7. The smallest absolute Gasteiger partial charge is 0.195 e. The van der Waals surface area contributed by atoms with E-state index in [0.717, 1.165) is 46.7 Å². The van der Waals surface area contributed by atoms with Crippen molar-refractivity contribution >= 4 is 22.7 Å². The van der Waals surface area contributed by atoms with Crippen LogP contribution in [-0.2, 0) is 0 Å². The molecule has 0 atom stereocenters. The average Bonchev–Trinajstić information content (AvgIpc) is 3.51. The zero-order valence-corrected chi connectivity index (χ0v) is 20.6. The third kappa shape index (κ3) is 3.91. The van der Waals surface area contributed by atoms with Crippen LogP contribution in [0.5, 0.6) is 0 Å². The van der Waals surface area contributed by atoms with Gasteiger partial charge in [0.15, 0.2) is 11.7 Å². The number of rotatable bonds is 5. The van der Waals surface area contributed by atoms with Crippen LogP contribution in [0.4, 0.5) is 0 Å². The predicted octanol–water partition coefficient (Wildman–Crippen LogP) is 6.44. The summed E-state index contributed by atoms with van der Waals surface area (Å²) in [7, 11) is 0. The standard InChI is InChI=1S/C25H24N4O3.C2H6/c1-12-11-26-13(2)8-19(12)24(31)20-9-18(22-14(3)28-32-15(22)4)10-21-23(20)27-25(17-6-7-17)29(21)16(5)30;1-2/h8-11,17,30H,5-7H2,1-4H3;1-2H3. The first-order chi connectivity index (χ1) is 16.3. The number of pyridine rings is 1. The topological polar surface area (TPSA) is 94.0 Å². The van der Waals surface area contributed by atoms with Crippen molar-refractivity contribution in [2.24, 2.45) is 0 Å². The van der Waals surface area contributed by atoms with E-state index in [2.05, 4.69) is 16.7 Å². The normalized spacial score (nSPS) is 13.0. The van der Waals surface area contributed by atoms with Gasteiger partial charge in [0, 0.05) is 28.9 Å². The summed E-state index contributed by atoms with van der Waals surface area (Å²) in [6.07, 6.45) is 3.71. The molecule has 1 aromatic carbocycles. The molecule has 0 aliphatic heterocycles. The molecular weight excluding hydrogens is 428 g/mol. The molecule has 34 heavy (non-hydrogen) atoms. The van der Waals surface area contributed by atoms with Crippen molar-refractivity contribution in [1.29, 1.82) is 0 Å². The number of benzene rings is 1. The van der Waals surface area contributed by atoms with Crippen molar-refractivity contribution in [3.63, 3.8) is 0 Å². The molecule has 1 fully saturated rings. The van der Waals surface area contributed by atoms with Crippen molar-refractivity contribution in [1.82, 2.24) is 19.7 Å². The second-order valence-electron chi connectivity index (χ2n) is 8.56. The number of aryl methyl sites for hydroxylation is 4. The number of fused-ring (bicyclic) bond motifs is 1. The van der Waals surface area contributed by atoms with Gasteiger partial charge in [0.25, 0.3) is 0 Å². The minimum Gasteiger partial charge on any atom is -0.495 e. The highest BCUT2D eigenvalue weighted by molar-refractivity contribution is 6.17. The van der Waals surface area contributed by atoms with Crippen LogP contribution >= 0.6 is 0 Å². The molecule has 176 valence electrons. The Morgan fingerprint density at radius 3 is 2.41 bits per heavy atom. The lowest BCUT2D eigenvalue weighted by molar-refractivity contribution is 0.103. The minimum atomic E-state index is -0.137. The van der Waals surface area contributed by atoms with Gasteiger partial charge in [-0.3, -0.25) is 14.3 Å². The Bertz CT molecular complexity index is 1400. The monoisotopic (exact) mass is 458 g/mol. The van der Waals surface area contributed by atoms with Gasteiger partial charge in [0.05, 0.1) is 16.8 Å². The molecule has 3 heterocycles. The Balaban J connectivity index is 0.00000133. The molecule has 0 saturated heterocycles. The lowest BCUT2D eigenvalue weighted by atomic mass is 9.94. The molecule has 7 heteroatoms. The van der Waals surface area contributed by atoms with Crippen LogP contribution in [0.15, 0.2) is 35.5 Å². The van der Waals surface area contributed by atoms with Gasteiger partial charge >= 0.3 is 0 Å². The van der Waals surface area contributed by atoms with E-state index in [1.54, 1.807) is 16.8 Å². The summed E-state index contributed by atoms with van der Waals surface area (Å²) in [5.74, 6) is 1.40. The first kappa shape index (κ1) is 23.4. The molecule has 1 N–H and O–H groups in total. The van der Waals surface area contributed by atoms with Crippen molar-refractivity contribution in [3.05, 3.63) is 70.6 Å². The number of carbonyl (C=O) groups is 1. The fraction of sp³-hybridized carbons (Fsp3) is 0.333. The lowest BCUT2D eigenvalue weighted by Gasteiger charge is -2.11. The van der Waals surface area contributed by atoms with E-state index in [9.17, 15) is 9.90 Å². The Kier molecular flexibility index (Phi) is 6.13. The number of nitrogens with zero attached hydrogens (tertiary/aromatic N) is 4. The highest BCUT2D eigenvalue weighted by Gasteiger charge is 2.32. The van der Waals surface area contributed by atoms with Gasteiger partial charge in [0.2, 0.25) is 0 Å². The molecule has 5 rings (SSSR count). The highest BCUT2D eigenvalue weighted by atomic mass is 16.5. The fourth-order valence-corrected chi connectivity index (χ4v) is 4.31. The molecule has 1 saturated carbocycles. The average molecular weight is 459 g/mol. The molecule has 4 aromatic rings. The summed E-state index contributed by atoms with van der Waals surface area (Å²) in [6.45, 7) is 15.2. The molecular formula is C27H30N4O3. The summed E-state index contributed by atoms with van der Waals surface area (Å²) in [5, 5.41) is 14.5. The van der Waals surface area contributed by atoms with E-state index in [0.29, 0.717) is 27.9 Å². The van der Waals surface area contributed by atoms with Gasteiger partial charge in [-0.15, -0.1) is 0 Å². The minimum absolute atomic E-state index is 0.111. The fourth-order valence-electron chi connectivity index (χ4n) is 4.31. The summed E-state index contributed by atoms with van der Waals surface area (Å²) in [5.41, 5.74) is 6.15. The van der Waals surface area contributed by atoms with Crippen LogP contribution in [0.3, 0.4) is 0 Å². The maximum Gasteiger partial charge on any atom is 0.195 e. The van der Waals surface area contributed by atoms with Crippen LogP contribution in [0.2, 0.25) is 0 Å². The number of aliphatic hydroxyl groups excluding tert-OH is 1. The Labute approximate surface area is 199 Å². The molecule has 0 bridgehead atoms. The molecule has 0 unspecified atom stereocenters. The zero-order valence-electron chi connectivity index (χ0n) is 20.6. The summed E-state index contributed by atoms with van der Waals surface area (Å²) < 4.78 is 7.04. The summed E-state index contributed by atoms with van der Waals surface area (Å²) in [6, 6.07) is 5.57. The first-order valence-corrected chi connectivity index (χ1v) is 11.6. The van der Waals surface area contributed by atoms with E-state index in [1.807, 2.05) is 53.7 Å². The number of imidazole rings is 1. The molecule has 0 spiro atoms. The summed E-state index contributed by atoms with van der Waals surface area (Å²) >= 11 is 0. The van der Waals surface area contributed by atoms with Gasteiger partial charge < -0.3 is 9.63 Å². The van der Waals surface area contributed by atoms with E-state index >= 15 is 0 Å². The van der Waals surface area contributed by atoms with Crippen LogP contribution in [0, 0.1) is 27.7 Å². The number of carbonyl (C=O) groups excluding carboxylic acids is 1. The highest BCUT2D eigenvalue weighted by Crippen LogP contribution is 2.43. The number of aromatic nitrogens is 4. The second-order valence-corrected chi connectivity index (χ2v) is 8.56. The number of hydrogen-bond donors (Lipinski definition) is 1. The predicted molar refractivity (Wildman–Crippen MR) is 133 cm³/mol. The Hall–Kier alpha value is -3.74. The maximum absolute atomic E-state index is 13.8. The molecule has 0 amide bonds. The quantitative estimate of drug-likeness (QED) is 0.273. The van der Waals surface area contributed by atoms with Crippen LogP contribution in [0.1, 0.15) is 77.1 Å². The van der Waals surface area contributed by atoms with Gasteiger partial charge in [-0.05, 0) is 76.4 Å². The second kappa shape index (κ2) is 8.89. The SMILES string of the molecule is C=C(O)n1c(C2CC2)nc2c(C(=O)c3cc(C)ncc3C)cc(-c3c(C)noc3C)cc21.CC. The first-order valence-electron chi connectivity index (χ1n) is 11.6. The van der Waals surface area contributed by atoms with Gasteiger partial charge in [0.1, 0.15) is 17.1 Å². The lowest BCUT2D eigenvalue weighted by Crippen LogP contribution is -2.07. The van der Waals surface area contributed by atoms with Crippen LogP contribution in [-0.4, -0.2) is 30.6 Å². The van der Waals surface area contributed by atoms with E-state index in [4.69, 9.17) is 9.51 Å². The molecule has 3 aromatic heterocycles. The van der Waals surface area contributed by atoms with Crippen molar-refractivity contribution in [2.45, 2.75) is 60.3 Å². The molecule has 1 aliphatic carbocycles. The van der Waals surface area contributed by atoms with Crippen molar-refractivity contribution < 1.29 is 14.4 Å². The summed E-state index contributed by atoms with van der Waals surface area (Å²) in [4.78, 5) is 22.9. The Morgan fingerprint density at radius 2 is 1.82 bits per heavy atom. The van der Waals surface area contributed by atoms with Gasteiger partial charge in [-0.25, -0.2) is 4.98 Å². The van der Waals surface area contributed by atoms with E-state index < -0.39 is 0 Å². The van der Waals surface area contributed by atoms with Crippen molar-refractivity contribution in [3.8, 4) is 11.1 Å². The van der Waals surface area contributed by atoms with E-state index in [-0.39, 0.29) is 17.6 Å². The third-order valence-electron chi connectivity index (χ3n) is 6.04. The number of hydrogen-bond acceptors (Lipinski definition) is 6. The number of aliphatic hydroxyl groups is 1. The molecule has 0 radical (unpaired) electrons. The maximum atomic E-state index is 13.8. The van der Waals surface area contributed by atoms with Crippen molar-refractivity contribution in [2.75, 3.05) is 0 Å². The largest absolute Gasteiger partial charge is 0.495 e. The van der Waals surface area contributed by atoms with Crippen LogP contribution < -0.4 is 0 Å². The Morgan fingerprint density at radius 1 is 1.12 bits per heavy atom. The van der Waals surface area contributed by atoms with Gasteiger partial charge in [-0.2, -0.15) is 0 Å². The number of ketones is 1. The van der Waals surface area contributed by atoms with Gasteiger partial charge in [-0.1, -0.05) is 19.0 Å². The van der Waals surface area contributed by atoms with E-state index in [1.165, 1.54) is 0 Å².